The first-order valence-corrected chi connectivity index (χ1v) is 15.6. The Morgan fingerprint density at radius 2 is 1.67 bits per heavy atom. The van der Waals surface area contributed by atoms with Gasteiger partial charge >= 0.3 is 11.0 Å². The lowest BCUT2D eigenvalue weighted by Gasteiger charge is -2.31. The largest absolute Gasteiger partial charge is 0.416 e. The van der Waals surface area contributed by atoms with E-state index in [4.69, 9.17) is 0 Å². The molecule has 1 fully saturated rings. The van der Waals surface area contributed by atoms with Crippen molar-refractivity contribution in [3.8, 4) is 0 Å². The van der Waals surface area contributed by atoms with Gasteiger partial charge in [0.1, 0.15) is 11.8 Å². The summed E-state index contributed by atoms with van der Waals surface area (Å²) in [6, 6.07) is 18.7. The fraction of sp³-hybridized carbons (Fsp3) is 0.250. The molecule has 8 nitrogen and oxygen atoms in total. The number of hydrogen-bond acceptors (Lipinski definition) is 7. The molecule has 1 saturated heterocycles. The molecule has 2 aliphatic heterocycles. The number of halogens is 3. The SMILES string of the molecule is Cc1cccc(NC(=O)Cn2c3c(sc2=O)[C@H](c2ccc(N(C)C)cc2)C2C(=O)N(c4cccc(C(F)(F)F)c4)C(=O)C2S3)c1. The van der Waals surface area contributed by atoms with E-state index in [0.29, 0.717) is 21.2 Å². The van der Waals surface area contributed by atoms with Gasteiger partial charge in [-0.05, 0) is 60.5 Å². The molecule has 0 saturated carbocycles. The average Bonchev–Trinajstić information content (AvgIpc) is 3.43. The van der Waals surface area contributed by atoms with E-state index in [1.165, 1.54) is 10.6 Å². The highest BCUT2D eigenvalue weighted by atomic mass is 32.2. The lowest BCUT2D eigenvalue weighted by molar-refractivity contribution is -0.137. The van der Waals surface area contributed by atoms with Crippen molar-refractivity contribution in [1.29, 1.82) is 0 Å². The van der Waals surface area contributed by atoms with Gasteiger partial charge in [0, 0.05) is 36.3 Å². The molecule has 0 spiro atoms. The molecular formula is C32H27F3N4O4S2. The van der Waals surface area contributed by atoms with Crippen LogP contribution in [0.3, 0.4) is 0 Å². The number of benzene rings is 3. The van der Waals surface area contributed by atoms with Gasteiger partial charge in [0.05, 0.1) is 22.2 Å². The number of carbonyl (C=O) groups is 3. The van der Waals surface area contributed by atoms with Crippen molar-refractivity contribution in [1.82, 2.24) is 4.57 Å². The van der Waals surface area contributed by atoms with Crippen molar-refractivity contribution in [2.45, 2.75) is 35.8 Å². The molecule has 3 atom stereocenters. The molecule has 232 valence electrons. The number of rotatable bonds is 6. The van der Waals surface area contributed by atoms with E-state index in [2.05, 4.69) is 5.32 Å². The molecule has 1 aromatic heterocycles. The maximum Gasteiger partial charge on any atom is 0.416 e. The summed E-state index contributed by atoms with van der Waals surface area (Å²) in [5, 5.41) is 2.15. The molecule has 1 N–H and O–H groups in total. The van der Waals surface area contributed by atoms with Crippen molar-refractivity contribution in [3.63, 3.8) is 0 Å². The number of imide groups is 1. The number of aromatic nitrogens is 1. The lowest BCUT2D eigenvalue weighted by Crippen LogP contribution is -2.33. The Morgan fingerprint density at radius 1 is 0.956 bits per heavy atom. The van der Waals surface area contributed by atoms with Crippen molar-refractivity contribution in [2.75, 3.05) is 29.2 Å². The third-order valence-electron chi connectivity index (χ3n) is 7.85. The zero-order valence-electron chi connectivity index (χ0n) is 24.3. The second-order valence-corrected chi connectivity index (χ2v) is 13.3. The normalized spacial score (nSPS) is 19.3. The van der Waals surface area contributed by atoms with Crippen molar-refractivity contribution >= 4 is 57.9 Å². The van der Waals surface area contributed by atoms with Gasteiger partial charge in [-0.1, -0.05) is 53.4 Å². The predicted octanol–water partition coefficient (Wildman–Crippen LogP) is 5.74. The van der Waals surface area contributed by atoms with Gasteiger partial charge in [-0.25, -0.2) is 4.90 Å². The number of alkyl halides is 3. The van der Waals surface area contributed by atoms with Crippen LogP contribution >= 0.6 is 23.1 Å². The van der Waals surface area contributed by atoms with Crippen LogP contribution in [0.2, 0.25) is 0 Å². The molecule has 6 rings (SSSR count). The predicted molar refractivity (Wildman–Crippen MR) is 168 cm³/mol. The van der Waals surface area contributed by atoms with Crippen LogP contribution < -0.4 is 20.0 Å². The maximum absolute atomic E-state index is 14.0. The molecule has 2 unspecified atom stereocenters. The summed E-state index contributed by atoms with van der Waals surface area (Å²) in [5.74, 6) is -3.49. The molecule has 2 aliphatic rings. The Balaban J connectivity index is 1.42. The second kappa shape index (κ2) is 11.5. The van der Waals surface area contributed by atoms with Gasteiger partial charge in [0.15, 0.2) is 0 Å². The number of nitrogens with one attached hydrogen (secondary N) is 1. The van der Waals surface area contributed by atoms with Crippen molar-refractivity contribution in [3.05, 3.63) is 104 Å². The van der Waals surface area contributed by atoms with Gasteiger partial charge in [-0.2, -0.15) is 13.2 Å². The standard InChI is InChI=1S/C32H27F3N4O4S2/c1-17-6-4-8-20(14-17)36-23(40)16-38-30-27(45-31(38)43)24(18-10-12-21(13-11-18)37(2)3)25-26(44-30)29(42)39(28(25)41)22-9-5-7-19(15-22)32(33,34)35/h4-15,24-26H,16H2,1-3H3,(H,36,40)/t24-,25?,26?/m1/s1. The van der Waals surface area contributed by atoms with Crippen molar-refractivity contribution < 1.29 is 27.6 Å². The van der Waals surface area contributed by atoms with Crippen molar-refractivity contribution in [2.24, 2.45) is 5.92 Å². The average molecular weight is 653 g/mol. The Hall–Kier alpha value is -4.36. The molecule has 0 radical (unpaired) electrons. The molecule has 0 aliphatic carbocycles. The number of hydrogen-bond donors (Lipinski definition) is 1. The van der Waals surface area contributed by atoms with Gasteiger partial charge in [-0.3, -0.25) is 23.7 Å². The zero-order chi connectivity index (χ0) is 32.2. The lowest BCUT2D eigenvalue weighted by atomic mass is 9.83. The molecule has 3 heterocycles. The number of thioether (sulfide) groups is 1. The topological polar surface area (TPSA) is 91.7 Å². The quantitative estimate of drug-likeness (QED) is 0.268. The molecule has 3 amide bonds. The summed E-state index contributed by atoms with van der Waals surface area (Å²) >= 11 is 1.90. The van der Waals surface area contributed by atoms with Crippen LogP contribution in [0.1, 0.15) is 27.5 Å². The smallest absolute Gasteiger partial charge is 0.378 e. The third kappa shape index (κ3) is 5.66. The minimum absolute atomic E-state index is 0.171. The van der Waals surface area contributed by atoms with E-state index in [0.717, 1.165) is 57.4 Å². The second-order valence-electron chi connectivity index (χ2n) is 11.1. The first kappa shape index (κ1) is 30.7. The van der Waals surface area contributed by atoms with E-state index >= 15 is 0 Å². The Labute approximate surface area is 264 Å². The number of fused-ring (bicyclic) bond motifs is 2. The van der Waals surface area contributed by atoms with Gasteiger partial charge in [-0.15, -0.1) is 0 Å². The summed E-state index contributed by atoms with van der Waals surface area (Å²) in [5.41, 5.74) is 1.91. The molecule has 45 heavy (non-hydrogen) atoms. The Morgan fingerprint density at radius 3 is 2.33 bits per heavy atom. The monoisotopic (exact) mass is 652 g/mol. The Bertz CT molecular complexity index is 1880. The third-order valence-corrected chi connectivity index (χ3v) is 10.5. The fourth-order valence-corrected chi connectivity index (χ4v) is 8.51. The van der Waals surface area contributed by atoms with Crippen LogP contribution in [0.25, 0.3) is 0 Å². The minimum atomic E-state index is -4.67. The Kier molecular flexibility index (Phi) is 7.86. The highest BCUT2D eigenvalue weighted by molar-refractivity contribution is 8.00. The molecule has 4 aromatic rings. The van der Waals surface area contributed by atoms with Crippen LogP contribution in [0.5, 0.6) is 0 Å². The summed E-state index contributed by atoms with van der Waals surface area (Å²) in [6.07, 6.45) is -4.67. The number of anilines is 3. The van der Waals surface area contributed by atoms with Crippen LogP contribution in [0.4, 0.5) is 30.2 Å². The van der Waals surface area contributed by atoms with Gasteiger partial charge in [0.2, 0.25) is 17.7 Å². The van der Waals surface area contributed by atoms with Gasteiger partial charge in [0.25, 0.3) is 0 Å². The molecular weight excluding hydrogens is 626 g/mol. The molecule has 0 bridgehead atoms. The fourth-order valence-electron chi connectivity index (χ4n) is 5.74. The number of nitrogens with zero attached hydrogens (tertiary/aromatic N) is 3. The number of amides is 3. The van der Waals surface area contributed by atoms with Crippen LogP contribution in [0, 0.1) is 12.8 Å². The molecule has 13 heteroatoms. The number of aryl methyl sites for hydroxylation is 1. The number of thiazole rings is 1. The highest BCUT2D eigenvalue weighted by Crippen LogP contribution is 2.54. The maximum atomic E-state index is 14.0. The van der Waals surface area contributed by atoms with E-state index < -0.39 is 51.4 Å². The van der Waals surface area contributed by atoms with Crippen LogP contribution in [-0.2, 0) is 27.1 Å². The summed E-state index contributed by atoms with van der Waals surface area (Å²) in [4.78, 5) is 57.2. The first-order valence-electron chi connectivity index (χ1n) is 13.9. The van der Waals surface area contributed by atoms with E-state index in [1.807, 2.05) is 56.3 Å². The van der Waals surface area contributed by atoms with Gasteiger partial charge < -0.3 is 10.2 Å². The number of carbonyl (C=O) groups excluding carboxylic acids is 3. The summed E-state index contributed by atoms with van der Waals surface area (Å²) < 4.78 is 41.9. The van der Waals surface area contributed by atoms with E-state index in [-0.39, 0.29) is 12.2 Å². The summed E-state index contributed by atoms with van der Waals surface area (Å²) in [7, 11) is 3.75. The molecule has 3 aromatic carbocycles. The van der Waals surface area contributed by atoms with E-state index in [9.17, 15) is 32.3 Å². The highest BCUT2D eigenvalue weighted by Gasteiger charge is 2.57. The van der Waals surface area contributed by atoms with Crippen LogP contribution in [0.15, 0.2) is 82.6 Å². The van der Waals surface area contributed by atoms with E-state index in [1.54, 1.807) is 18.2 Å². The summed E-state index contributed by atoms with van der Waals surface area (Å²) in [6.45, 7) is 1.56. The van der Waals surface area contributed by atoms with Crippen LogP contribution in [-0.4, -0.2) is 41.6 Å². The first-order chi connectivity index (χ1) is 21.3. The minimum Gasteiger partial charge on any atom is -0.378 e. The zero-order valence-corrected chi connectivity index (χ0v) is 25.9.